The number of rotatable bonds is 8. The predicted octanol–water partition coefficient (Wildman–Crippen LogP) is 3.20. The zero-order valence-corrected chi connectivity index (χ0v) is 9.61. The molecule has 0 saturated heterocycles. The van der Waals surface area contributed by atoms with Crippen molar-refractivity contribution in [2.75, 3.05) is 5.75 Å². The van der Waals surface area contributed by atoms with Crippen LogP contribution in [0.5, 0.6) is 0 Å². The van der Waals surface area contributed by atoms with Crippen LogP contribution in [0, 0.1) is 5.92 Å². The molecule has 0 rings (SSSR count). The third-order valence-corrected chi connectivity index (χ3v) is 3.05. The molecule has 2 atom stereocenters. The summed E-state index contributed by atoms with van der Waals surface area (Å²) in [6, 6.07) is 0. The van der Waals surface area contributed by atoms with E-state index in [1.165, 1.54) is 19.3 Å². The van der Waals surface area contributed by atoms with Crippen molar-refractivity contribution < 1.29 is 8.76 Å². The maximum Gasteiger partial charge on any atom is 0.153 e. The molecule has 0 fully saturated rings. The molecular formula is C10H22O2S. The average molecular weight is 206 g/mol. The van der Waals surface area contributed by atoms with Crippen LogP contribution >= 0.6 is 0 Å². The third-order valence-electron chi connectivity index (χ3n) is 2.29. The van der Waals surface area contributed by atoms with Crippen molar-refractivity contribution in [1.29, 1.82) is 0 Å². The number of hydrogen-bond donors (Lipinski definition) is 1. The van der Waals surface area contributed by atoms with Gasteiger partial charge in [0.05, 0.1) is 5.75 Å². The van der Waals surface area contributed by atoms with Crippen molar-refractivity contribution in [2.45, 2.75) is 52.4 Å². The summed E-state index contributed by atoms with van der Waals surface area (Å²) >= 11 is -1.60. The van der Waals surface area contributed by atoms with Crippen LogP contribution in [0.15, 0.2) is 0 Å². The van der Waals surface area contributed by atoms with Gasteiger partial charge in [0, 0.05) is 0 Å². The second-order valence-corrected chi connectivity index (χ2v) is 4.61. The van der Waals surface area contributed by atoms with Crippen LogP contribution in [0.4, 0.5) is 0 Å². The molecule has 0 aromatic heterocycles. The molecule has 0 spiro atoms. The molecule has 2 nitrogen and oxygen atoms in total. The van der Waals surface area contributed by atoms with Gasteiger partial charge in [-0.3, -0.25) is 0 Å². The first-order valence-electron chi connectivity index (χ1n) is 5.28. The van der Waals surface area contributed by atoms with Gasteiger partial charge in [-0.25, -0.2) is 4.21 Å². The summed E-state index contributed by atoms with van der Waals surface area (Å²) in [7, 11) is 0. The maximum atomic E-state index is 10.6. The van der Waals surface area contributed by atoms with E-state index < -0.39 is 11.1 Å². The van der Waals surface area contributed by atoms with Gasteiger partial charge >= 0.3 is 0 Å². The molecule has 3 heteroatoms. The van der Waals surface area contributed by atoms with Crippen LogP contribution < -0.4 is 0 Å². The van der Waals surface area contributed by atoms with E-state index in [4.69, 9.17) is 4.55 Å². The first-order chi connectivity index (χ1) is 6.20. The van der Waals surface area contributed by atoms with Crippen LogP contribution in [0.25, 0.3) is 0 Å². The van der Waals surface area contributed by atoms with Gasteiger partial charge in [0.2, 0.25) is 0 Å². The van der Waals surface area contributed by atoms with E-state index >= 15 is 0 Å². The first-order valence-corrected chi connectivity index (χ1v) is 6.55. The van der Waals surface area contributed by atoms with E-state index in [9.17, 15) is 4.21 Å². The zero-order valence-electron chi connectivity index (χ0n) is 8.79. The third kappa shape index (κ3) is 8.44. The summed E-state index contributed by atoms with van der Waals surface area (Å²) in [5, 5.41) is 0. The quantitative estimate of drug-likeness (QED) is 0.489. The van der Waals surface area contributed by atoms with Crippen LogP contribution in [-0.4, -0.2) is 14.5 Å². The van der Waals surface area contributed by atoms with E-state index in [1.54, 1.807) is 0 Å². The van der Waals surface area contributed by atoms with Crippen molar-refractivity contribution in [1.82, 2.24) is 0 Å². The van der Waals surface area contributed by atoms with Crippen LogP contribution in [0.2, 0.25) is 0 Å². The monoisotopic (exact) mass is 206 g/mol. The lowest BCUT2D eigenvalue weighted by atomic mass is 9.99. The van der Waals surface area contributed by atoms with Gasteiger partial charge in [0.1, 0.15) is 0 Å². The lowest BCUT2D eigenvalue weighted by Crippen LogP contribution is -2.10. The summed E-state index contributed by atoms with van der Waals surface area (Å²) in [6.07, 6.45) is 7.01. The van der Waals surface area contributed by atoms with Gasteiger partial charge in [-0.15, -0.1) is 0 Å². The Hall–Kier alpha value is 0.110. The van der Waals surface area contributed by atoms with Crippen molar-refractivity contribution in [3.05, 3.63) is 0 Å². The Balaban J connectivity index is 3.59. The van der Waals surface area contributed by atoms with Gasteiger partial charge < -0.3 is 4.55 Å². The standard InChI is InChI=1S/C10H22O2S/c1-3-5-6-8-10(7-4-2)9-13(11)12/h10H,3-9H2,1-2H3,(H,11,12). The average Bonchev–Trinajstić information content (AvgIpc) is 2.04. The summed E-state index contributed by atoms with van der Waals surface area (Å²) < 4.78 is 19.4. The molecule has 80 valence electrons. The molecular weight excluding hydrogens is 184 g/mol. The van der Waals surface area contributed by atoms with Gasteiger partial charge in [-0.1, -0.05) is 39.5 Å². The zero-order chi connectivity index (χ0) is 10.1. The minimum absolute atomic E-state index is 0.461. The second kappa shape index (κ2) is 8.70. The normalized spacial score (nSPS) is 15.6. The molecule has 1 N–H and O–H groups in total. The minimum atomic E-state index is -1.60. The molecule has 0 aliphatic carbocycles. The molecule has 0 saturated carbocycles. The highest BCUT2D eigenvalue weighted by atomic mass is 32.2. The molecule has 13 heavy (non-hydrogen) atoms. The molecule has 0 aliphatic heterocycles. The summed E-state index contributed by atoms with van der Waals surface area (Å²) in [5.74, 6) is 0.930. The summed E-state index contributed by atoms with van der Waals surface area (Å²) in [5.41, 5.74) is 0. The molecule has 0 bridgehead atoms. The van der Waals surface area contributed by atoms with E-state index in [-0.39, 0.29) is 0 Å². The molecule has 0 aliphatic rings. The fourth-order valence-electron chi connectivity index (χ4n) is 1.60. The predicted molar refractivity (Wildman–Crippen MR) is 58.2 cm³/mol. The second-order valence-electron chi connectivity index (χ2n) is 3.64. The number of unbranched alkanes of at least 4 members (excludes halogenated alkanes) is 2. The fourth-order valence-corrected chi connectivity index (χ4v) is 2.34. The Labute approximate surface area is 84.4 Å². The smallest absolute Gasteiger partial charge is 0.153 e. The van der Waals surface area contributed by atoms with Gasteiger partial charge in [-0.2, -0.15) is 0 Å². The molecule has 0 radical (unpaired) electrons. The van der Waals surface area contributed by atoms with Gasteiger partial charge in [0.25, 0.3) is 0 Å². The molecule has 0 heterocycles. The van der Waals surface area contributed by atoms with Crippen LogP contribution in [0.1, 0.15) is 52.4 Å². The first kappa shape index (κ1) is 13.1. The Morgan fingerprint density at radius 3 is 2.31 bits per heavy atom. The van der Waals surface area contributed by atoms with E-state index in [2.05, 4.69) is 13.8 Å². The topological polar surface area (TPSA) is 37.3 Å². The van der Waals surface area contributed by atoms with Crippen molar-refractivity contribution in [2.24, 2.45) is 5.92 Å². The lowest BCUT2D eigenvalue weighted by molar-refractivity contribution is 0.450. The van der Waals surface area contributed by atoms with E-state index in [0.717, 1.165) is 19.3 Å². The van der Waals surface area contributed by atoms with E-state index in [1.807, 2.05) is 0 Å². The summed E-state index contributed by atoms with van der Waals surface area (Å²) in [4.78, 5) is 0. The molecule has 0 aromatic rings. The Morgan fingerprint density at radius 1 is 1.15 bits per heavy atom. The highest BCUT2D eigenvalue weighted by molar-refractivity contribution is 7.79. The van der Waals surface area contributed by atoms with Crippen molar-refractivity contribution in [3.63, 3.8) is 0 Å². The van der Waals surface area contributed by atoms with Gasteiger partial charge in [-0.05, 0) is 18.8 Å². The van der Waals surface area contributed by atoms with E-state index in [0.29, 0.717) is 11.7 Å². The number of hydrogen-bond acceptors (Lipinski definition) is 1. The van der Waals surface area contributed by atoms with Crippen LogP contribution in [0.3, 0.4) is 0 Å². The van der Waals surface area contributed by atoms with Crippen molar-refractivity contribution >= 4 is 11.1 Å². The SMILES string of the molecule is CCCCCC(CCC)CS(=O)O. The largest absolute Gasteiger partial charge is 0.306 e. The Morgan fingerprint density at radius 2 is 1.85 bits per heavy atom. The Kier molecular flexibility index (Phi) is 8.77. The molecule has 2 unspecified atom stereocenters. The minimum Gasteiger partial charge on any atom is -0.306 e. The molecule has 0 aromatic carbocycles. The van der Waals surface area contributed by atoms with Crippen LogP contribution in [-0.2, 0) is 11.1 Å². The highest BCUT2D eigenvalue weighted by Gasteiger charge is 2.10. The maximum absolute atomic E-state index is 10.6. The molecule has 0 amide bonds. The fraction of sp³-hybridized carbons (Fsp3) is 1.00. The Bertz CT molecular complexity index is 137. The van der Waals surface area contributed by atoms with Crippen molar-refractivity contribution in [3.8, 4) is 0 Å². The van der Waals surface area contributed by atoms with Gasteiger partial charge in [0.15, 0.2) is 11.1 Å². The summed E-state index contributed by atoms with van der Waals surface area (Å²) in [6.45, 7) is 4.31. The highest BCUT2D eigenvalue weighted by Crippen LogP contribution is 2.16. The lowest BCUT2D eigenvalue weighted by Gasteiger charge is -2.13.